The summed E-state index contributed by atoms with van der Waals surface area (Å²) < 4.78 is 6.06. The Bertz CT molecular complexity index is 512. The second-order valence-corrected chi connectivity index (χ2v) is 6.04. The van der Waals surface area contributed by atoms with Gasteiger partial charge in [0.1, 0.15) is 11.4 Å². The van der Waals surface area contributed by atoms with E-state index >= 15 is 0 Å². The molecule has 1 saturated carbocycles. The predicted molar refractivity (Wildman–Crippen MR) is 68.0 cm³/mol. The lowest BCUT2D eigenvalue weighted by atomic mass is 9.87. The number of rotatable bonds is 2. The summed E-state index contributed by atoms with van der Waals surface area (Å²) in [6, 6.07) is 5.92. The Balaban J connectivity index is 2.10. The zero-order valence-electron chi connectivity index (χ0n) is 10.8. The summed E-state index contributed by atoms with van der Waals surface area (Å²) in [5, 5.41) is 9.43. The minimum atomic E-state index is -0.720. The van der Waals surface area contributed by atoms with E-state index in [4.69, 9.17) is 4.74 Å². The van der Waals surface area contributed by atoms with E-state index in [9.17, 15) is 9.90 Å². The van der Waals surface area contributed by atoms with Crippen LogP contribution in [0.4, 0.5) is 0 Å². The fourth-order valence-electron chi connectivity index (χ4n) is 2.77. The standard InChI is InChI=1S/C15H18O3/c1-14(2)7-6-10-4-3-5-11(12(10)18-14)15(8-9-15)13(16)17/h3-5H,6-9H2,1-2H3,(H,16,17). The Morgan fingerprint density at radius 2 is 2.00 bits per heavy atom. The van der Waals surface area contributed by atoms with Crippen molar-refractivity contribution < 1.29 is 14.6 Å². The van der Waals surface area contributed by atoms with Gasteiger partial charge in [-0.25, -0.2) is 0 Å². The predicted octanol–water partition coefficient (Wildman–Crippen LogP) is 2.91. The normalized spacial score (nSPS) is 22.8. The summed E-state index contributed by atoms with van der Waals surface area (Å²) in [6.07, 6.45) is 3.39. The van der Waals surface area contributed by atoms with Crippen molar-refractivity contribution in [3.8, 4) is 5.75 Å². The molecule has 3 nitrogen and oxygen atoms in total. The van der Waals surface area contributed by atoms with Crippen molar-refractivity contribution in [2.24, 2.45) is 0 Å². The molecule has 3 heteroatoms. The number of carboxylic acids is 1. The first-order valence-electron chi connectivity index (χ1n) is 6.49. The van der Waals surface area contributed by atoms with Gasteiger partial charge in [-0.2, -0.15) is 0 Å². The summed E-state index contributed by atoms with van der Waals surface area (Å²) >= 11 is 0. The van der Waals surface area contributed by atoms with E-state index in [1.807, 2.05) is 18.2 Å². The molecule has 96 valence electrons. The molecule has 3 rings (SSSR count). The monoisotopic (exact) mass is 246 g/mol. The first kappa shape index (κ1) is 11.6. The quantitative estimate of drug-likeness (QED) is 0.872. The summed E-state index contributed by atoms with van der Waals surface area (Å²) in [5.41, 5.74) is 1.15. The highest BCUT2D eigenvalue weighted by molar-refractivity contribution is 5.86. The number of ether oxygens (including phenoxy) is 1. The van der Waals surface area contributed by atoms with Crippen LogP contribution in [0.1, 0.15) is 44.2 Å². The molecular formula is C15H18O3. The van der Waals surface area contributed by atoms with E-state index in [1.54, 1.807) is 0 Å². The molecule has 1 aliphatic heterocycles. The lowest BCUT2D eigenvalue weighted by Crippen LogP contribution is -2.34. The minimum Gasteiger partial charge on any atom is -0.487 e. The van der Waals surface area contributed by atoms with E-state index in [1.165, 1.54) is 0 Å². The number of para-hydroxylation sites is 1. The Morgan fingerprint density at radius 3 is 2.61 bits per heavy atom. The molecule has 0 amide bonds. The highest BCUT2D eigenvalue weighted by Crippen LogP contribution is 2.53. The number of fused-ring (bicyclic) bond motifs is 1. The van der Waals surface area contributed by atoms with Crippen LogP contribution in [0.3, 0.4) is 0 Å². The van der Waals surface area contributed by atoms with Crippen molar-refractivity contribution in [3.63, 3.8) is 0 Å². The highest BCUT2D eigenvalue weighted by Gasteiger charge is 2.54. The molecule has 1 aromatic rings. The van der Waals surface area contributed by atoms with Gasteiger partial charge in [0.25, 0.3) is 0 Å². The first-order chi connectivity index (χ1) is 8.45. The molecule has 0 bridgehead atoms. The average molecular weight is 246 g/mol. The number of hydrogen-bond donors (Lipinski definition) is 1. The summed E-state index contributed by atoms with van der Waals surface area (Å²) in [7, 11) is 0. The zero-order chi connectivity index (χ0) is 13.0. The highest BCUT2D eigenvalue weighted by atomic mass is 16.5. The van der Waals surface area contributed by atoms with Crippen molar-refractivity contribution in [2.45, 2.75) is 50.5 Å². The molecule has 0 spiro atoms. The van der Waals surface area contributed by atoms with Crippen LogP contribution in [-0.2, 0) is 16.6 Å². The maximum absolute atomic E-state index is 11.5. The fraction of sp³-hybridized carbons (Fsp3) is 0.533. The van der Waals surface area contributed by atoms with Crippen molar-refractivity contribution in [1.29, 1.82) is 0 Å². The fourth-order valence-corrected chi connectivity index (χ4v) is 2.77. The van der Waals surface area contributed by atoms with Gasteiger partial charge in [-0.3, -0.25) is 4.79 Å². The SMILES string of the molecule is CC1(C)CCc2cccc(C3(C(=O)O)CC3)c2O1. The maximum Gasteiger partial charge on any atom is 0.314 e. The number of benzene rings is 1. The van der Waals surface area contributed by atoms with Crippen molar-refractivity contribution >= 4 is 5.97 Å². The van der Waals surface area contributed by atoms with Gasteiger partial charge in [0.15, 0.2) is 0 Å². The maximum atomic E-state index is 11.5. The van der Waals surface area contributed by atoms with Gasteiger partial charge in [0, 0.05) is 5.56 Å². The first-order valence-corrected chi connectivity index (χ1v) is 6.49. The topological polar surface area (TPSA) is 46.5 Å². The Kier molecular flexibility index (Phi) is 2.25. The lowest BCUT2D eigenvalue weighted by Gasteiger charge is -2.34. The molecule has 0 radical (unpaired) electrons. The smallest absolute Gasteiger partial charge is 0.314 e. The molecule has 0 atom stereocenters. The number of hydrogen-bond acceptors (Lipinski definition) is 2. The Hall–Kier alpha value is -1.51. The van der Waals surface area contributed by atoms with Crippen LogP contribution in [0.5, 0.6) is 5.75 Å². The van der Waals surface area contributed by atoms with Gasteiger partial charge < -0.3 is 9.84 Å². The van der Waals surface area contributed by atoms with E-state index in [-0.39, 0.29) is 5.60 Å². The van der Waals surface area contributed by atoms with Crippen molar-refractivity contribution in [3.05, 3.63) is 29.3 Å². The third-order valence-electron chi connectivity index (χ3n) is 4.15. The van der Waals surface area contributed by atoms with Crippen LogP contribution < -0.4 is 4.74 Å². The van der Waals surface area contributed by atoms with E-state index in [2.05, 4.69) is 13.8 Å². The van der Waals surface area contributed by atoms with Crippen LogP contribution in [-0.4, -0.2) is 16.7 Å². The molecule has 2 aliphatic rings. The summed E-state index contributed by atoms with van der Waals surface area (Å²) in [4.78, 5) is 11.5. The second-order valence-electron chi connectivity index (χ2n) is 6.04. The second kappa shape index (κ2) is 3.50. The molecule has 0 aromatic heterocycles. The zero-order valence-corrected chi connectivity index (χ0v) is 10.8. The van der Waals surface area contributed by atoms with Gasteiger partial charge in [0.2, 0.25) is 0 Å². The molecule has 1 N–H and O–H groups in total. The summed E-state index contributed by atoms with van der Waals surface area (Å²) in [6.45, 7) is 4.13. The molecular weight excluding hydrogens is 228 g/mol. The van der Waals surface area contributed by atoms with E-state index in [0.717, 1.165) is 42.6 Å². The minimum absolute atomic E-state index is 0.197. The molecule has 1 aliphatic carbocycles. The number of aryl methyl sites for hydroxylation is 1. The van der Waals surface area contributed by atoms with Crippen LogP contribution in [0.2, 0.25) is 0 Å². The third-order valence-corrected chi connectivity index (χ3v) is 4.15. The average Bonchev–Trinajstić information content (AvgIpc) is 3.08. The molecule has 0 saturated heterocycles. The van der Waals surface area contributed by atoms with Gasteiger partial charge in [-0.15, -0.1) is 0 Å². The summed E-state index contributed by atoms with van der Waals surface area (Å²) in [5.74, 6) is 0.108. The Morgan fingerprint density at radius 1 is 1.28 bits per heavy atom. The molecule has 1 fully saturated rings. The number of aliphatic carboxylic acids is 1. The van der Waals surface area contributed by atoms with Gasteiger partial charge in [-0.1, -0.05) is 18.2 Å². The number of carbonyl (C=O) groups is 1. The van der Waals surface area contributed by atoms with Crippen molar-refractivity contribution in [1.82, 2.24) is 0 Å². The van der Waals surface area contributed by atoms with E-state index in [0.29, 0.717) is 0 Å². The third kappa shape index (κ3) is 1.61. The van der Waals surface area contributed by atoms with Gasteiger partial charge in [-0.05, 0) is 45.1 Å². The number of carboxylic acid groups (broad SMARTS) is 1. The van der Waals surface area contributed by atoms with Crippen LogP contribution >= 0.6 is 0 Å². The van der Waals surface area contributed by atoms with E-state index < -0.39 is 11.4 Å². The van der Waals surface area contributed by atoms with Crippen LogP contribution in [0.25, 0.3) is 0 Å². The molecule has 1 aromatic carbocycles. The largest absolute Gasteiger partial charge is 0.487 e. The molecule has 18 heavy (non-hydrogen) atoms. The Labute approximate surface area is 107 Å². The van der Waals surface area contributed by atoms with Gasteiger partial charge in [0.05, 0.1) is 5.41 Å². The molecule has 0 unspecified atom stereocenters. The van der Waals surface area contributed by atoms with Crippen molar-refractivity contribution in [2.75, 3.05) is 0 Å². The molecule has 1 heterocycles. The van der Waals surface area contributed by atoms with Crippen LogP contribution in [0, 0.1) is 0 Å². The van der Waals surface area contributed by atoms with Gasteiger partial charge >= 0.3 is 5.97 Å². The lowest BCUT2D eigenvalue weighted by molar-refractivity contribution is -0.140. The van der Waals surface area contributed by atoms with Crippen LogP contribution in [0.15, 0.2) is 18.2 Å².